The molecule has 0 atom stereocenters. The maximum atomic E-state index is 4.38. The third-order valence-corrected chi connectivity index (χ3v) is 4.19. The van der Waals surface area contributed by atoms with Crippen LogP contribution >= 0.6 is 11.8 Å². The van der Waals surface area contributed by atoms with Crippen molar-refractivity contribution in [2.75, 3.05) is 7.05 Å². The van der Waals surface area contributed by atoms with Gasteiger partial charge in [-0.3, -0.25) is 4.99 Å². The van der Waals surface area contributed by atoms with E-state index in [1.165, 1.54) is 15.4 Å². The van der Waals surface area contributed by atoms with E-state index < -0.39 is 0 Å². The molecule has 0 unspecified atom stereocenters. The van der Waals surface area contributed by atoms with Crippen molar-refractivity contribution in [1.82, 2.24) is 9.55 Å². The summed E-state index contributed by atoms with van der Waals surface area (Å²) in [7, 11) is 3.86. The third-order valence-electron chi connectivity index (χ3n) is 2.91. The lowest BCUT2D eigenvalue weighted by Gasteiger charge is -2.05. The van der Waals surface area contributed by atoms with E-state index in [9.17, 15) is 0 Å². The molecule has 1 aromatic heterocycles. The van der Waals surface area contributed by atoms with Gasteiger partial charge in [-0.1, -0.05) is 24.3 Å². The van der Waals surface area contributed by atoms with Crippen LogP contribution in [0.1, 0.15) is 26.1 Å². The van der Waals surface area contributed by atoms with Crippen LogP contribution in [0.25, 0.3) is 4.91 Å². The second-order valence-corrected chi connectivity index (χ2v) is 5.10. The Morgan fingerprint density at radius 3 is 2.82 bits per heavy atom. The molecule has 90 valence electrons. The molecule has 4 heteroatoms. The molecule has 0 aliphatic carbocycles. The van der Waals surface area contributed by atoms with Crippen molar-refractivity contribution in [1.29, 1.82) is 0 Å². The molecule has 17 heavy (non-hydrogen) atoms. The minimum absolute atomic E-state index is 1.01. The molecule has 1 aliphatic rings. The second-order valence-electron chi connectivity index (χ2n) is 4.04. The fraction of sp³-hybridized carbons (Fsp3) is 0.385. The van der Waals surface area contributed by atoms with Crippen LogP contribution in [-0.2, 0) is 7.05 Å². The largest absolute Gasteiger partial charge is 0.334 e. The number of aliphatic imine (C=N–C) groups is 1. The first-order valence-corrected chi connectivity index (χ1v) is 6.53. The van der Waals surface area contributed by atoms with Crippen LogP contribution in [0.2, 0.25) is 0 Å². The van der Waals surface area contributed by atoms with Gasteiger partial charge in [0.2, 0.25) is 0 Å². The van der Waals surface area contributed by atoms with Crippen LogP contribution in [0.4, 0.5) is 0 Å². The first kappa shape index (κ1) is 12.2. The number of rotatable bonds is 2. The van der Waals surface area contributed by atoms with Crippen LogP contribution < -0.4 is 0 Å². The average molecular weight is 247 g/mol. The highest BCUT2D eigenvalue weighted by Crippen LogP contribution is 2.41. The molecular weight excluding hydrogens is 230 g/mol. The number of nitrogens with zero attached hydrogens (tertiary/aromatic N) is 3. The van der Waals surface area contributed by atoms with Gasteiger partial charge >= 0.3 is 0 Å². The number of aryl methyl sites for hydroxylation is 1. The van der Waals surface area contributed by atoms with Gasteiger partial charge in [-0.2, -0.15) is 0 Å². The fourth-order valence-electron chi connectivity index (χ4n) is 1.73. The van der Waals surface area contributed by atoms with E-state index in [2.05, 4.69) is 29.9 Å². The van der Waals surface area contributed by atoms with Crippen molar-refractivity contribution < 1.29 is 0 Å². The first-order chi connectivity index (χ1) is 8.17. The Balaban J connectivity index is 2.40. The Labute approximate surface area is 106 Å². The van der Waals surface area contributed by atoms with Gasteiger partial charge in [0.25, 0.3) is 0 Å². The topological polar surface area (TPSA) is 30.2 Å². The van der Waals surface area contributed by atoms with Gasteiger partial charge in [-0.05, 0) is 19.4 Å². The smallest absolute Gasteiger partial charge is 0.146 e. The summed E-state index contributed by atoms with van der Waals surface area (Å²) >= 11 is 1.77. The lowest BCUT2D eigenvalue weighted by molar-refractivity contribution is 0.896. The van der Waals surface area contributed by atoms with Crippen LogP contribution in [0, 0.1) is 0 Å². The molecule has 0 bridgehead atoms. The Morgan fingerprint density at radius 1 is 1.53 bits per heavy atom. The molecule has 0 aromatic carbocycles. The zero-order chi connectivity index (χ0) is 12.4. The highest BCUT2D eigenvalue weighted by molar-refractivity contribution is 8.13. The minimum atomic E-state index is 1.01. The third kappa shape index (κ3) is 2.22. The molecule has 3 nitrogen and oxygen atoms in total. The lowest BCUT2D eigenvalue weighted by Crippen LogP contribution is -1.93. The summed E-state index contributed by atoms with van der Waals surface area (Å²) in [4.78, 5) is 11.2. The molecular formula is C13H17N3S. The summed E-state index contributed by atoms with van der Waals surface area (Å²) in [5, 5.41) is 0. The Morgan fingerprint density at radius 2 is 2.29 bits per heavy atom. The monoisotopic (exact) mass is 247 g/mol. The average Bonchev–Trinajstić information content (AvgIpc) is 2.93. The van der Waals surface area contributed by atoms with Gasteiger partial charge in [0.1, 0.15) is 5.82 Å². The molecule has 0 N–H and O–H groups in total. The molecule has 0 amide bonds. The molecule has 0 fully saturated rings. The van der Waals surface area contributed by atoms with Crippen molar-refractivity contribution in [2.24, 2.45) is 12.0 Å². The number of thioether (sulfide) groups is 1. The van der Waals surface area contributed by atoms with Gasteiger partial charge < -0.3 is 4.57 Å². The van der Waals surface area contributed by atoms with E-state index in [0.29, 0.717) is 0 Å². The maximum Gasteiger partial charge on any atom is 0.146 e. The van der Waals surface area contributed by atoms with Crippen molar-refractivity contribution in [3.8, 4) is 0 Å². The van der Waals surface area contributed by atoms with Gasteiger partial charge in [0.05, 0.1) is 10.6 Å². The summed E-state index contributed by atoms with van der Waals surface area (Å²) in [6.07, 6.45) is 6.98. The Kier molecular flexibility index (Phi) is 3.52. The van der Waals surface area contributed by atoms with Gasteiger partial charge in [0.15, 0.2) is 0 Å². The highest BCUT2D eigenvalue weighted by Gasteiger charge is 2.22. The summed E-state index contributed by atoms with van der Waals surface area (Å²) in [5.74, 6) is 1.01. The van der Waals surface area contributed by atoms with Gasteiger partial charge in [0, 0.05) is 31.4 Å². The summed E-state index contributed by atoms with van der Waals surface area (Å²) in [5.41, 5.74) is 2.46. The van der Waals surface area contributed by atoms with E-state index in [1.807, 2.05) is 31.1 Å². The van der Waals surface area contributed by atoms with Crippen molar-refractivity contribution >= 4 is 22.4 Å². The zero-order valence-corrected chi connectivity index (χ0v) is 11.5. The van der Waals surface area contributed by atoms with Crippen LogP contribution in [0.5, 0.6) is 0 Å². The van der Waals surface area contributed by atoms with E-state index in [-0.39, 0.29) is 0 Å². The molecule has 0 spiro atoms. The standard InChI is InChI=1S/C13H17N3S/c1-5-9(2)12-10(14-3)8-11(17-12)13-15-6-7-16(13)4/h6-8H,5H2,1-4H3/b12-9+,14-10?. The molecule has 2 rings (SSSR count). The fourth-order valence-corrected chi connectivity index (χ4v) is 2.98. The molecule has 0 saturated carbocycles. The van der Waals surface area contributed by atoms with E-state index in [1.54, 1.807) is 11.8 Å². The van der Waals surface area contributed by atoms with Crippen molar-refractivity contribution in [3.63, 3.8) is 0 Å². The summed E-state index contributed by atoms with van der Waals surface area (Å²) in [6, 6.07) is 0. The second kappa shape index (κ2) is 4.92. The quantitative estimate of drug-likeness (QED) is 0.803. The predicted octanol–water partition coefficient (Wildman–Crippen LogP) is 3.26. The van der Waals surface area contributed by atoms with E-state index in [0.717, 1.165) is 18.0 Å². The number of imidazole rings is 1. The lowest BCUT2D eigenvalue weighted by atomic mass is 10.1. The molecule has 0 radical (unpaired) electrons. The first-order valence-electron chi connectivity index (χ1n) is 5.71. The Bertz CT molecular complexity index is 521. The van der Waals surface area contributed by atoms with Gasteiger partial charge in [-0.25, -0.2) is 4.98 Å². The zero-order valence-electron chi connectivity index (χ0n) is 10.7. The minimum Gasteiger partial charge on any atom is -0.334 e. The molecule has 1 aliphatic heterocycles. The van der Waals surface area contributed by atoms with E-state index >= 15 is 0 Å². The highest BCUT2D eigenvalue weighted by atomic mass is 32.2. The number of hydrogen-bond donors (Lipinski definition) is 0. The molecule has 1 aromatic rings. The number of aromatic nitrogens is 2. The van der Waals surface area contributed by atoms with Crippen LogP contribution in [-0.4, -0.2) is 22.3 Å². The normalized spacial score (nSPS) is 20.9. The van der Waals surface area contributed by atoms with E-state index in [4.69, 9.17) is 0 Å². The number of allylic oxidation sites excluding steroid dienone is 3. The van der Waals surface area contributed by atoms with Crippen LogP contribution in [0.15, 0.2) is 33.9 Å². The molecule has 0 saturated heterocycles. The van der Waals surface area contributed by atoms with Gasteiger partial charge in [-0.15, -0.1) is 0 Å². The van der Waals surface area contributed by atoms with Crippen molar-refractivity contribution in [2.45, 2.75) is 20.3 Å². The van der Waals surface area contributed by atoms with Crippen molar-refractivity contribution in [3.05, 3.63) is 34.8 Å². The number of hydrogen-bond acceptors (Lipinski definition) is 3. The SMILES string of the molecule is CC/C(C)=C1/SC(c2nccn2C)=CC1=NC. The predicted molar refractivity (Wildman–Crippen MR) is 75.1 cm³/mol. The Hall–Kier alpha value is -1.29. The molecule has 2 heterocycles. The van der Waals surface area contributed by atoms with Crippen LogP contribution in [0.3, 0.4) is 0 Å². The summed E-state index contributed by atoms with van der Waals surface area (Å²) < 4.78 is 2.04. The summed E-state index contributed by atoms with van der Waals surface area (Å²) in [6.45, 7) is 4.34. The maximum absolute atomic E-state index is 4.38.